The number of rotatable bonds is 8. The smallest absolute Gasteiger partial charge is 0.222 e. The second-order valence-corrected chi connectivity index (χ2v) is 8.27. The van der Waals surface area contributed by atoms with Crippen LogP contribution in [0.25, 0.3) is 0 Å². The van der Waals surface area contributed by atoms with Crippen molar-refractivity contribution in [1.29, 1.82) is 0 Å². The monoisotopic (exact) mass is 422 g/mol. The second kappa shape index (κ2) is 11.5. The molecule has 166 valence electrons. The highest BCUT2D eigenvalue weighted by Gasteiger charge is 2.21. The Bertz CT molecular complexity index is 846. The summed E-state index contributed by atoms with van der Waals surface area (Å²) in [5.41, 5.74) is 3.43. The lowest BCUT2D eigenvalue weighted by Gasteiger charge is -2.22. The van der Waals surface area contributed by atoms with Crippen molar-refractivity contribution in [2.45, 2.75) is 46.0 Å². The average molecular weight is 423 g/mol. The molecule has 0 bridgehead atoms. The summed E-state index contributed by atoms with van der Waals surface area (Å²) >= 11 is 0. The van der Waals surface area contributed by atoms with Gasteiger partial charge in [-0.05, 0) is 49.8 Å². The molecule has 1 heterocycles. The van der Waals surface area contributed by atoms with Crippen molar-refractivity contribution in [3.05, 3.63) is 65.2 Å². The van der Waals surface area contributed by atoms with Crippen LogP contribution in [0.1, 0.15) is 42.4 Å². The van der Waals surface area contributed by atoms with Gasteiger partial charge in [-0.3, -0.25) is 9.59 Å². The Kier molecular flexibility index (Phi) is 8.51. The predicted octanol–water partition coefficient (Wildman–Crippen LogP) is 4.16. The van der Waals surface area contributed by atoms with E-state index in [1.54, 1.807) is 0 Å². The minimum Gasteiger partial charge on any atom is -0.493 e. The summed E-state index contributed by atoms with van der Waals surface area (Å²) in [6, 6.07) is 16.2. The van der Waals surface area contributed by atoms with E-state index in [-0.39, 0.29) is 11.8 Å². The Labute approximate surface area is 186 Å². The standard InChI is InChI=1S/C26H34N2O3/c1-21-9-6-10-22(2)26(21)31-20-7-13-24(29)27-16-8-17-28(19-18-27)25(30)15-14-23-11-4-3-5-12-23/h3-6,9-12H,7-8,13-20H2,1-2H3. The van der Waals surface area contributed by atoms with Crippen molar-refractivity contribution in [3.8, 4) is 5.75 Å². The molecule has 1 saturated heterocycles. The van der Waals surface area contributed by atoms with E-state index in [0.717, 1.165) is 42.8 Å². The maximum absolute atomic E-state index is 12.7. The molecule has 1 fully saturated rings. The van der Waals surface area contributed by atoms with Gasteiger partial charge in [-0.25, -0.2) is 0 Å². The van der Waals surface area contributed by atoms with Gasteiger partial charge in [0.1, 0.15) is 5.75 Å². The summed E-state index contributed by atoms with van der Waals surface area (Å²) in [7, 11) is 0. The number of hydrogen-bond acceptors (Lipinski definition) is 3. The topological polar surface area (TPSA) is 49.9 Å². The van der Waals surface area contributed by atoms with E-state index in [1.165, 1.54) is 5.56 Å². The van der Waals surface area contributed by atoms with Crippen molar-refractivity contribution in [1.82, 2.24) is 9.80 Å². The number of hydrogen-bond donors (Lipinski definition) is 0. The van der Waals surface area contributed by atoms with Crippen LogP contribution in [0.15, 0.2) is 48.5 Å². The van der Waals surface area contributed by atoms with Crippen molar-refractivity contribution < 1.29 is 14.3 Å². The molecule has 0 saturated carbocycles. The first-order valence-electron chi connectivity index (χ1n) is 11.3. The number of ether oxygens (including phenoxy) is 1. The fraction of sp³-hybridized carbons (Fsp3) is 0.462. The number of carbonyl (C=O) groups is 2. The Hall–Kier alpha value is -2.82. The summed E-state index contributed by atoms with van der Waals surface area (Å²) < 4.78 is 5.92. The quantitative estimate of drug-likeness (QED) is 0.601. The fourth-order valence-electron chi connectivity index (χ4n) is 4.05. The fourth-order valence-corrected chi connectivity index (χ4v) is 4.05. The third-order valence-electron chi connectivity index (χ3n) is 5.86. The Balaban J connectivity index is 1.38. The molecule has 5 heteroatoms. The molecular formula is C26H34N2O3. The largest absolute Gasteiger partial charge is 0.493 e. The molecule has 0 atom stereocenters. The zero-order chi connectivity index (χ0) is 22.1. The molecule has 0 aromatic heterocycles. The van der Waals surface area contributed by atoms with Crippen LogP contribution in [-0.2, 0) is 16.0 Å². The molecule has 2 amide bonds. The molecule has 0 aliphatic carbocycles. The number of para-hydroxylation sites is 1. The molecule has 0 spiro atoms. The molecule has 0 N–H and O–H groups in total. The van der Waals surface area contributed by atoms with Gasteiger partial charge in [-0.1, -0.05) is 48.5 Å². The van der Waals surface area contributed by atoms with Gasteiger partial charge in [-0.15, -0.1) is 0 Å². The molecule has 1 aliphatic rings. The van der Waals surface area contributed by atoms with Gasteiger partial charge in [0.05, 0.1) is 6.61 Å². The van der Waals surface area contributed by atoms with Gasteiger partial charge in [0, 0.05) is 39.0 Å². The zero-order valence-electron chi connectivity index (χ0n) is 18.8. The molecule has 0 unspecified atom stereocenters. The number of benzene rings is 2. The van der Waals surface area contributed by atoms with Gasteiger partial charge in [0.15, 0.2) is 0 Å². The average Bonchev–Trinajstić information content (AvgIpc) is 3.04. The SMILES string of the molecule is Cc1cccc(C)c1OCCCC(=O)N1CCCN(C(=O)CCc2ccccc2)CC1. The lowest BCUT2D eigenvalue weighted by Crippen LogP contribution is -2.37. The highest BCUT2D eigenvalue weighted by atomic mass is 16.5. The summed E-state index contributed by atoms with van der Waals surface area (Å²) in [6.07, 6.45) is 3.30. The molecule has 1 aliphatic heterocycles. The van der Waals surface area contributed by atoms with Crippen LogP contribution in [0.3, 0.4) is 0 Å². The maximum atomic E-state index is 12.7. The van der Waals surface area contributed by atoms with Gasteiger partial charge in [-0.2, -0.15) is 0 Å². The van der Waals surface area contributed by atoms with E-state index in [2.05, 4.69) is 12.1 Å². The van der Waals surface area contributed by atoms with E-state index >= 15 is 0 Å². The lowest BCUT2D eigenvalue weighted by molar-refractivity contribution is -0.133. The summed E-state index contributed by atoms with van der Waals surface area (Å²) in [5, 5.41) is 0. The molecule has 31 heavy (non-hydrogen) atoms. The number of amides is 2. The maximum Gasteiger partial charge on any atom is 0.222 e. The molecule has 5 nitrogen and oxygen atoms in total. The number of carbonyl (C=O) groups excluding carboxylic acids is 2. The Morgan fingerprint density at radius 3 is 2.06 bits per heavy atom. The van der Waals surface area contributed by atoms with Gasteiger partial charge in [0.2, 0.25) is 11.8 Å². The van der Waals surface area contributed by atoms with Crippen LogP contribution in [0.2, 0.25) is 0 Å². The Morgan fingerprint density at radius 1 is 0.806 bits per heavy atom. The van der Waals surface area contributed by atoms with Crippen molar-refractivity contribution in [3.63, 3.8) is 0 Å². The van der Waals surface area contributed by atoms with Crippen LogP contribution in [-0.4, -0.2) is 54.4 Å². The minimum atomic E-state index is 0.156. The van der Waals surface area contributed by atoms with E-state index in [0.29, 0.717) is 39.0 Å². The van der Waals surface area contributed by atoms with Gasteiger partial charge in [0.25, 0.3) is 0 Å². The predicted molar refractivity (Wildman–Crippen MR) is 123 cm³/mol. The summed E-state index contributed by atoms with van der Waals surface area (Å²) in [5.74, 6) is 1.26. The molecule has 2 aromatic rings. The first-order valence-corrected chi connectivity index (χ1v) is 11.3. The third kappa shape index (κ3) is 6.84. The van der Waals surface area contributed by atoms with E-state index in [9.17, 15) is 9.59 Å². The van der Waals surface area contributed by atoms with Gasteiger partial charge < -0.3 is 14.5 Å². The highest BCUT2D eigenvalue weighted by Crippen LogP contribution is 2.22. The van der Waals surface area contributed by atoms with Crippen LogP contribution < -0.4 is 4.74 Å². The molecule has 0 radical (unpaired) electrons. The van der Waals surface area contributed by atoms with Crippen molar-refractivity contribution in [2.24, 2.45) is 0 Å². The molecular weight excluding hydrogens is 388 g/mol. The van der Waals surface area contributed by atoms with E-state index < -0.39 is 0 Å². The van der Waals surface area contributed by atoms with Crippen molar-refractivity contribution in [2.75, 3.05) is 32.8 Å². The van der Waals surface area contributed by atoms with Gasteiger partial charge >= 0.3 is 0 Å². The highest BCUT2D eigenvalue weighted by molar-refractivity contribution is 5.78. The first kappa shape index (κ1) is 22.9. The minimum absolute atomic E-state index is 0.156. The number of aryl methyl sites for hydroxylation is 3. The van der Waals surface area contributed by atoms with Crippen LogP contribution in [0.5, 0.6) is 5.75 Å². The Morgan fingerprint density at radius 2 is 1.42 bits per heavy atom. The van der Waals surface area contributed by atoms with Crippen LogP contribution in [0.4, 0.5) is 0 Å². The van der Waals surface area contributed by atoms with E-state index in [1.807, 2.05) is 60.0 Å². The molecule has 3 rings (SSSR count). The summed E-state index contributed by atoms with van der Waals surface area (Å²) in [6.45, 7) is 7.31. The van der Waals surface area contributed by atoms with E-state index in [4.69, 9.17) is 4.74 Å². The van der Waals surface area contributed by atoms with Crippen LogP contribution >= 0.6 is 0 Å². The number of nitrogens with zero attached hydrogens (tertiary/aromatic N) is 2. The van der Waals surface area contributed by atoms with Crippen molar-refractivity contribution >= 4 is 11.8 Å². The van der Waals surface area contributed by atoms with Crippen LogP contribution in [0, 0.1) is 13.8 Å². The second-order valence-electron chi connectivity index (χ2n) is 8.27. The normalized spacial score (nSPS) is 14.3. The molecule has 2 aromatic carbocycles. The zero-order valence-corrected chi connectivity index (χ0v) is 18.8. The third-order valence-corrected chi connectivity index (χ3v) is 5.86. The first-order chi connectivity index (χ1) is 15.0. The lowest BCUT2D eigenvalue weighted by atomic mass is 10.1. The summed E-state index contributed by atoms with van der Waals surface area (Å²) in [4.78, 5) is 29.1.